The first-order valence-electron chi connectivity index (χ1n) is 7.50. The molecular weight excluding hydrogens is 313 g/mol. The fourth-order valence-corrected chi connectivity index (χ4v) is 3.87. The Morgan fingerprint density at radius 2 is 2.35 bits per heavy atom. The third-order valence-electron chi connectivity index (χ3n) is 3.94. The van der Waals surface area contributed by atoms with Gasteiger partial charge in [-0.2, -0.15) is 5.26 Å². The molecule has 1 aliphatic heterocycles. The zero-order chi connectivity index (χ0) is 16.2. The summed E-state index contributed by atoms with van der Waals surface area (Å²) in [5.41, 5.74) is 0. The van der Waals surface area contributed by atoms with Crippen molar-refractivity contribution in [1.29, 1.82) is 5.26 Å². The molecular formula is C16H18FN5S. The van der Waals surface area contributed by atoms with E-state index in [4.69, 9.17) is 5.26 Å². The first-order chi connectivity index (χ1) is 11.2. The Labute approximate surface area is 139 Å². The molecule has 0 aliphatic carbocycles. The van der Waals surface area contributed by atoms with Gasteiger partial charge in [0, 0.05) is 36.6 Å². The Kier molecular flexibility index (Phi) is 4.84. The molecule has 0 unspecified atom stereocenters. The van der Waals surface area contributed by atoms with E-state index in [1.165, 1.54) is 17.7 Å². The highest BCUT2D eigenvalue weighted by molar-refractivity contribution is 7.12. The molecule has 0 amide bonds. The monoisotopic (exact) mass is 331 g/mol. The van der Waals surface area contributed by atoms with E-state index in [2.05, 4.69) is 20.9 Å². The largest absolute Gasteiger partial charge is 0.349 e. The average Bonchev–Trinajstić information content (AvgIpc) is 3.14. The number of aromatic nitrogens is 2. The molecule has 0 N–H and O–H groups in total. The summed E-state index contributed by atoms with van der Waals surface area (Å²) in [5.74, 6) is 0.779. The van der Waals surface area contributed by atoms with Gasteiger partial charge in [0.2, 0.25) is 0 Å². The van der Waals surface area contributed by atoms with Crippen LogP contribution in [0.1, 0.15) is 16.2 Å². The van der Waals surface area contributed by atoms with Crippen molar-refractivity contribution in [2.75, 3.05) is 25.0 Å². The van der Waals surface area contributed by atoms with Crippen molar-refractivity contribution in [3.63, 3.8) is 0 Å². The maximum absolute atomic E-state index is 13.9. The van der Waals surface area contributed by atoms with Gasteiger partial charge in [-0.3, -0.25) is 4.90 Å². The van der Waals surface area contributed by atoms with E-state index in [-0.39, 0.29) is 6.04 Å². The number of hydrogen-bond donors (Lipinski definition) is 0. The lowest BCUT2D eigenvalue weighted by Gasteiger charge is -2.28. The predicted octanol–water partition coefficient (Wildman–Crippen LogP) is 2.46. The predicted molar refractivity (Wildman–Crippen MR) is 88.0 cm³/mol. The standard InChI is InChI=1S/C16H18FN5S/c1-21(10-15-3-2-14(7-18)23-15)9-13-6-12(17)8-22(13)16-4-5-19-11-20-16/h2-5,11-13H,6,8-10H2,1H3/t12-,13-/m0/s1. The third kappa shape index (κ3) is 3.84. The number of likely N-dealkylation sites (N-methyl/N-ethyl adjacent to an activating group) is 1. The van der Waals surface area contributed by atoms with Crippen LogP contribution < -0.4 is 4.90 Å². The topological polar surface area (TPSA) is 56.1 Å². The second-order valence-electron chi connectivity index (χ2n) is 5.78. The fraction of sp³-hybridized carbons (Fsp3) is 0.438. The Morgan fingerprint density at radius 3 is 3.04 bits per heavy atom. The molecule has 0 spiro atoms. The van der Waals surface area contributed by atoms with E-state index in [0.29, 0.717) is 13.0 Å². The number of hydrogen-bond acceptors (Lipinski definition) is 6. The Balaban J connectivity index is 1.64. The van der Waals surface area contributed by atoms with Gasteiger partial charge in [0.05, 0.1) is 6.54 Å². The molecule has 3 heterocycles. The smallest absolute Gasteiger partial charge is 0.132 e. The third-order valence-corrected chi connectivity index (χ3v) is 4.92. The minimum Gasteiger partial charge on any atom is -0.349 e. The van der Waals surface area contributed by atoms with Crippen molar-refractivity contribution in [1.82, 2.24) is 14.9 Å². The summed E-state index contributed by atoms with van der Waals surface area (Å²) in [4.78, 5) is 14.2. The SMILES string of the molecule is CN(Cc1ccc(C#N)s1)C[C@@H]1C[C@H](F)CN1c1ccncn1. The Hall–Kier alpha value is -2.04. The summed E-state index contributed by atoms with van der Waals surface area (Å²) in [5, 5.41) is 8.89. The van der Waals surface area contributed by atoms with Crippen molar-refractivity contribution in [2.24, 2.45) is 0 Å². The normalized spacial score (nSPS) is 20.9. The molecule has 23 heavy (non-hydrogen) atoms. The lowest BCUT2D eigenvalue weighted by Crippen LogP contribution is -2.39. The van der Waals surface area contributed by atoms with Crippen LogP contribution in [0.2, 0.25) is 0 Å². The van der Waals surface area contributed by atoms with Crippen molar-refractivity contribution >= 4 is 17.2 Å². The van der Waals surface area contributed by atoms with Gasteiger partial charge in [0.25, 0.3) is 0 Å². The summed E-state index contributed by atoms with van der Waals surface area (Å²) >= 11 is 1.51. The number of nitrogens with zero attached hydrogens (tertiary/aromatic N) is 5. The minimum atomic E-state index is -0.824. The molecule has 2 atom stereocenters. The molecule has 1 aliphatic rings. The average molecular weight is 331 g/mol. The van der Waals surface area contributed by atoms with Crippen molar-refractivity contribution in [3.8, 4) is 6.07 Å². The van der Waals surface area contributed by atoms with E-state index in [0.717, 1.165) is 28.7 Å². The molecule has 1 fully saturated rings. The summed E-state index contributed by atoms with van der Waals surface area (Å²) < 4.78 is 13.9. The zero-order valence-electron chi connectivity index (χ0n) is 12.9. The molecule has 7 heteroatoms. The molecule has 120 valence electrons. The minimum absolute atomic E-state index is 0.0975. The van der Waals surface area contributed by atoms with Crippen LogP contribution in [0.4, 0.5) is 10.2 Å². The van der Waals surface area contributed by atoms with E-state index in [1.54, 1.807) is 6.20 Å². The highest BCUT2D eigenvalue weighted by atomic mass is 32.1. The molecule has 2 aromatic heterocycles. The molecule has 3 rings (SSSR count). The van der Waals surface area contributed by atoms with Gasteiger partial charge in [0.15, 0.2) is 0 Å². The number of halogens is 1. The van der Waals surface area contributed by atoms with Crippen molar-refractivity contribution in [2.45, 2.75) is 25.2 Å². The highest BCUT2D eigenvalue weighted by Crippen LogP contribution is 2.26. The maximum Gasteiger partial charge on any atom is 0.132 e. The second-order valence-corrected chi connectivity index (χ2v) is 6.95. The lowest BCUT2D eigenvalue weighted by molar-refractivity contribution is 0.291. The van der Waals surface area contributed by atoms with Crippen LogP contribution in [0.25, 0.3) is 0 Å². The first kappa shape index (κ1) is 15.8. The number of nitriles is 1. The fourth-order valence-electron chi connectivity index (χ4n) is 2.98. The zero-order valence-corrected chi connectivity index (χ0v) is 13.7. The molecule has 0 aromatic carbocycles. The van der Waals surface area contributed by atoms with Crippen LogP contribution in [0.3, 0.4) is 0 Å². The first-order valence-corrected chi connectivity index (χ1v) is 8.31. The van der Waals surface area contributed by atoms with Gasteiger partial charge in [-0.25, -0.2) is 14.4 Å². The highest BCUT2D eigenvalue weighted by Gasteiger charge is 2.33. The number of thiophene rings is 1. The summed E-state index contributed by atoms with van der Waals surface area (Å²) in [6.45, 7) is 1.90. The van der Waals surface area contributed by atoms with Gasteiger partial charge >= 0.3 is 0 Å². The van der Waals surface area contributed by atoms with Crippen LogP contribution in [0, 0.1) is 11.3 Å². The molecule has 2 aromatic rings. The Morgan fingerprint density at radius 1 is 1.48 bits per heavy atom. The van der Waals surface area contributed by atoms with Gasteiger partial charge in [-0.15, -0.1) is 11.3 Å². The van der Waals surface area contributed by atoms with E-state index < -0.39 is 6.17 Å². The summed E-state index contributed by atoms with van der Waals surface area (Å²) in [6.07, 6.45) is 2.87. The van der Waals surface area contributed by atoms with Crippen LogP contribution in [-0.4, -0.2) is 47.2 Å². The van der Waals surface area contributed by atoms with Gasteiger partial charge in [-0.05, 0) is 25.2 Å². The molecule has 1 saturated heterocycles. The number of anilines is 1. The molecule has 0 saturated carbocycles. The van der Waals surface area contributed by atoms with Crippen LogP contribution in [0.5, 0.6) is 0 Å². The van der Waals surface area contributed by atoms with E-state index >= 15 is 0 Å². The van der Waals surface area contributed by atoms with Crippen LogP contribution in [-0.2, 0) is 6.54 Å². The van der Waals surface area contributed by atoms with Gasteiger partial charge < -0.3 is 4.90 Å². The van der Waals surface area contributed by atoms with Gasteiger partial charge in [0.1, 0.15) is 29.3 Å². The molecule has 0 radical (unpaired) electrons. The maximum atomic E-state index is 13.9. The lowest BCUT2D eigenvalue weighted by atomic mass is 10.2. The van der Waals surface area contributed by atoms with Crippen molar-refractivity contribution in [3.05, 3.63) is 40.5 Å². The molecule has 5 nitrogen and oxygen atoms in total. The quantitative estimate of drug-likeness (QED) is 0.842. The van der Waals surface area contributed by atoms with Gasteiger partial charge in [-0.1, -0.05) is 0 Å². The van der Waals surface area contributed by atoms with Crippen molar-refractivity contribution < 1.29 is 4.39 Å². The molecule has 0 bridgehead atoms. The Bertz CT molecular complexity index is 683. The summed E-state index contributed by atoms with van der Waals surface area (Å²) in [6, 6.07) is 7.90. The second kappa shape index (κ2) is 7.02. The van der Waals surface area contributed by atoms with E-state index in [9.17, 15) is 4.39 Å². The van der Waals surface area contributed by atoms with E-state index in [1.807, 2.05) is 30.1 Å². The van der Waals surface area contributed by atoms with Crippen LogP contribution in [0.15, 0.2) is 30.7 Å². The number of alkyl halides is 1. The summed E-state index contributed by atoms with van der Waals surface area (Å²) in [7, 11) is 2.02. The number of rotatable bonds is 5. The van der Waals surface area contributed by atoms with Crippen LogP contribution >= 0.6 is 11.3 Å².